The highest BCUT2D eigenvalue weighted by atomic mass is 31.1. The molecule has 3 N–H and O–H groups in total. The zero-order chi connectivity index (χ0) is 33.9. The van der Waals surface area contributed by atoms with Crippen LogP contribution in [0.2, 0.25) is 0 Å². The molecule has 0 aliphatic carbocycles. The molecule has 0 heterocycles. The number of hydrogen-bond donors (Lipinski definition) is 2. The van der Waals surface area contributed by atoms with Crippen LogP contribution in [0.5, 0.6) is 0 Å². The van der Waals surface area contributed by atoms with E-state index in [1.165, 1.54) is 239 Å². The Bertz CT molecular complexity index is 453. The lowest BCUT2D eigenvalue weighted by atomic mass is 10.0. The van der Waals surface area contributed by atoms with Gasteiger partial charge in [-0.1, -0.05) is 233 Å². The van der Waals surface area contributed by atoms with Gasteiger partial charge in [0.2, 0.25) is 0 Å². The van der Waals surface area contributed by atoms with E-state index in [1.54, 1.807) is 0 Å². The van der Waals surface area contributed by atoms with Crippen LogP contribution in [-0.2, 0) is 0 Å². The van der Waals surface area contributed by atoms with Crippen molar-refractivity contribution < 1.29 is 5.11 Å². The van der Waals surface area contributed by atoms with Gasteiger partial charge < -0.3 is 10.8 Å². The average molecular weight is 670 g/mol. The second-order valence-electron chi connectivity index (χ2n) is 14.7. The molecule has 0 aliphatic rings. The highest BCUT2D eigenvalue weighted by molar-refractivity contribution is 7.37. The molecule has 46 heavy (non-hydrogen) atoms. The van der Waals surface area contributed by atoms with E-state index < -0.39 is 0 Å². The molecule has 0 bridgehead atoms. The van der Waals surface area contributed by atoms with E-state index in [0.717, 1.165) is 12.8 Å². The number of nitrogens with two attached hydrogens (primary N) is 1. The Morgan fingerprint density at radius 2 is 0.565 bits per heavy atom. The fraction of sp³-hybridized carbons (Fsp3) is 1.00. The summed E-state index contributed by atoms with van der Waals surface area (Å²) >= 11 is 0. The minimum absolute atomic E-state index is 0.267. The third-order valence-corrected chi connectivity index (χ3v) is 11.2. The molecule has 0 saturated carbocycles. The summed E-state index contributed by atoms with van der Waals surface area (Å²) in [5, 5.41) is 8.96. The molecule has 0 aliphatic heterocycles. The molecule has 3 heteroatoms. The van der Waals surface area contributed by atoms with E-state index >= 15 is 0 Å². The van der Waals surface area contributed by atoms with Crippen LogP contribution in [0.3, 0.4) is 0 Å². The van der Waals surface area contributed by atoms with Crippen molar-refractivity contribution in [1.29, 1.82) is 0 Å². The van der Waals surface area contributed by atoms with Crippen LogP contribution in [-0.4, -0.2) is 30.1 Å². The highest BCUT2D eigenvalue weighted by Crippen LogP contribution is 2.19. The van der Waals surface area contributed by atoms with E-state index in [-0.39, 0.29) is 6.10 Å². The lowest BCUT2D eigenvalue weighted by Crippen LogP contribution is -2.19. The van der Waals surface area contributed by atoms with Crippen LogP contribution in [0.1, 0.15) is 252 Å². The molecule has 1 unspecified atom stereocenters. The first kappa shape index (κ1) is 48.5. The third kappa shape index (κ3) is 48.7. The Morgan fingerprint density at radius 1 is 0.348 bits per heavy atom. The van der Waals surface area contributed by atoms with Crippen molar-refractivity contribution in [2.75, 3.05) is 18.9 Å². The van der Waals surface area contributed by atoms with Crippen molar-refractivity contribution in [3.63, 3.8) is 0 Å². The summed E-state index contributed by atoms with van der Waals surface area (Å²) in [5.41, 5.74) is 5.20. The molecule has 0 amide bonds. The van der Waals surface area contributed by atoms with E-state index in [4.69, 9.17) is 10.8 Å². The van der Waals surface area contributed by atoms with Crippen LogP contribution < -0.4 is 5.73 Å². The number of hydrogen-bond acceptors (Lipinski definition) is 2. The van der Waals surface area contributed by atoms with Crippen molar-refractivity contribution in [2.24, 2.45) is 5.73 Å². The summed E-state index contributed by atoms with van der Waals surface area (Å²) in [6, 6.07) is 0. The van der Waals surface area contributed by atoms with Crippen LogP contribution in [0.4, 0.5) is 0 Å². The molecule has 0 spiro atoms. The average Bonchev–Trinajstić information content (AvgIpc) is 3.07. The van der Waals surface area contributed by atoms with Gasteiger partial charge in [0.1, 0.15) is 0 Å². The summed E-state index contributed by atoms with van der Waals surface area (Å²) in [7, 11) is 1.25. The summed E-state index contributed by atoms with van der Waals surface area (Å²) in [4.78, 5) is 0. The molecule has 2 nitrogen and oxygen atoms in total. The van der Waals surface area contributed by atoms with Crippen LogP contribution in [0.15, 0.2) is 0 Å². The van der Waals surface area contributed by atoms with Gasteiger partial charge in [-0.2, -0.15) is 0 Å². The zero-order valence-corrected chi connectivity index (χ0v) is 33.7. The van der Waals surface area contributed by atoms with Gasteiger partial charge in [0.05, 0.1) is 6.10 Å². The van der Waals surface area contributed by atoms with E-state index in [2.05, 4.69) is 20.8 Å². The Kier molecular flexibility index (Phi) is 50.0. The maximum Gasteiger partial charge on any atom is 0.0662 e. The van der Waals surface area contributed by atoms with Crippen molar-refractivity contribution in [3.05, 3.63) is 0 Å². The fourth-order valence-electron chi connectivity index (χ4n) is 6.47. The standard InChI is InChI=1S/C36H75P.C7H17NO/c1-3-5-7-9-11-13-15-17-19-21-23-25-27-29-31-33-35-37-36-34-32-30-28-26-24-22-20-18-16-14-12-10-8-6-4-2;1-2-3-4-5-7(9)6-8/h37H,3-36H2,1-2H3;7,9H,2-6,8H2,1H3. The molecule has 0 aromatic rings. The number of aliphatic hydroxyl groups excluding tert-OH is 1. The fourth-order valence-corrected chi connectivity index (χ4v) is 7.72. The zero-order valence-electron chi connectivity index (χ0n) is 32.7. The molecular formula is C43H92NOP. The molecule has 280 valence electrons. The van der Waals surface area contributed by atoms with Crippen molar-refractivity contribution in [1.82, 2.24) is 0 Å². The van der Waals surface area contributed by atoms with Gasteiger partial charge in [-0.05, 0) is 31.6 Å². The molecule has 1 atom stereocenters. The first-order chi connectivity index (χ1) is 22.7. The Balaban J connectivity index is 0. The molecule has 0 fully saturated rings. The Morgan fingerprint density at radius 3 is 0.804 bits per heavy atom. The van der Waals surface area contributed by atoms with Gasteiger partial charge in [0.15, 0.2) is 0 Å². The quantitative estimate of drug-likeness (QED) is 0.0505. The van der Waals surface area contributed by atoms with Crippen molar-refractivity contribution >= 4 is 8.58 Å². The number of rotatable bonds is 39. The molecule has 0 radical (unpaired) electrons. The minimum atomic E-state index is -0.267. The lowest BCUT2D eigenvalue weighted by molar-refractivity contribution is 0.169. The Hall–Kier alpha value is 0.350. The van der Waals surface area contributed by atoms with E-state index in [1.807, 2.05) is 0 Å². The SMILES string of the molecule is CCCCCC(O)CN.CCCCCCCCCCCCCCCCCCPCCCCCCCCCCCCCCCCCC. The predicted molar refractivity (Wildman–Crippen MR) is 216 cm³/mol. The van der Waals surface area contributed by atoms with Crippen molar-refractivity contribution in [3.8, 4) is 0 Å². The van der Waals surface area contributed by atoms with Crippen LogP contribution in [0, 0.1) is 0 Å². The molecular weight excluding hydrogens is 577 g/mol. The first-order valence-electron chi connectivity index (χ1n) is 21.8. The normalized spacial score (nSPS) is 11.9. The van der Waals surface area contributed by atoms with Crippen LogP contribution in [0.25, 0.3) is 0 Å². The second kappa shape index (κ2) is 47.5. The summed E-state index contributed by atoms with van der Waals surface area (Å²) in [6.07, 6.45) is 54.6. The number of aliphatic hydroxyl groups is 1. The summed E-state index contributed by atoms with van der Waals surface area (Å²) < 4.78 is 0. The molecule has 0 aromatic carbocycles. The van der Waals surface area contributed by atoms with Gasteiger partial charge in [0.25, 0.3) is 0 Å². The highest BCUT2D eigenvalue weighted by Gasteiger charge is 1.99. The van der Waals surface area contributed by atoms with Crippen LogP contribution >= 0.6 is 8.58 Å². The van der Waals surface area contributed by atoms with Gasteiger partial charge >= 0.3 is 0 Å². The van der Waals surface area contributed by atoms with Gasteiger partial charge in [-0.25, -0.2) is 0 Å². The maximum atomic E-state index is 8.96. The maximum absolute atomic E-state index is 8.96. The topological polar surface area (TPSA) is 46.2 Å². The van der Waals surface area contributed by atoms with E-state index in [9.17, 15) is 0 Å². The lowest BCUT2D eigenvalue weighted by Gasteiger charge is -2.05. The van der Waals surface area contributed by atoms with Gasteiger partial charge in [-0.3, -0.25) is 0 Å². The molecule has 0 rings (SSSR count). The number of unbranched alkanes of at least 4 members (excludes halogenated alkanes) is 32. The van der Waals surface area contributed by atoms with Crippen molar-refractivity contribution in [2.45, 2.75) is 258 Å². The third-order valence-electron chi connectivity index (χ3n) is 9.83. The minimum Gasteiger partial charge on any atom is -0.392 e. The largest absolute Gasteiger partial charge is 0.392 e. The first-order valence-corrected chi connectivity index (χ1v) is 23.2. The second-order valence-corrected chi connectivity index (χ2v) is 16.2. The monoisotopic (exact) mass is 670 g/mol. The summed E-state index contributed by atoms with van der Waals surface area (Å²) in [6.45, 7) is 7.17. The molecule has 0 saturated heterocycles. The smallest absolute Gasteiger partial charge is 0.0662 e. The van der Waals surface area contributed by atoms with E-state index in [0.29, 0.717) is 6.54 Å². The van der Waals surface area contributed by atoms with Gasteiger partial charge in [-0.15, -0.1) is 8.58 Å². The molecule has 0 aromatic heterocycles. The Labute approximate surface area is 295 Å². The summed E-state index contributed by atoms with van der Waals surface area (Å²) in [5.74, 6) is 0. The van der Waals surface area contributed by atoms with Gasteiger partial charge in [0, 0.05) is 6.54 Å². The predicted octanol–water partition coefficient (Wildman–Crippen LogP) is 15.1.